The first-order valence-corrected chi connectivity index (χ1v) is 6.73. The highest BCUT2D eigenvalue weighted by atomic mass is 16.5. The summed E-state index contributed by atoms with van der Waals surface area (Å²) in [6.45, 7) is 5.20. The monoisotopic (exact) mass is 275 g/mol. The highest BCUT2D eigenvalue weighted by molar-refractivity contribution is 5.58. The molecule has 2 rings (SSSR count). The van der Waals surface area contributed by atoms with Crippen molar-refractivity contribution in [2.75, 3.05) is 25.6 Å². The minimum Gasteiger partial charge on any atom is -0.489 e. The molecule has 0 amide bonds. The Morgan fingerprint density at radius 2 is 2.10 bits per heavy atom. The maximum atomic E-state index is 5.76. The van der Waals surface area contributed by atoms with Crippen LogP contribution in [0.25, 0.3) is 0 Å². The van der Waals surface area contributed by atoms with Crippen LogP contribution in [0.1, 0.15) is 24.3 Å². The summed E-state index contributed by atoms with van der Waals surface area (Å²) in [5.41, 5.74) is 2.12. The van der Waals surface area contributed by atoms with Gasteiger partial charge < -0.3 is 19.2 Å². The Morgan fingerprint density at radius 3 is 2.80 bits per heavy atom. The second-order valence-electron chi connectivity index (χ2n) is 4.72. The zero-order chi connectivity index (χ0) is 14.4. The van der Waals surface area contributed by atoms with Gasteiger partial charge in [-0.25, -0.2) is 0 Å². The number of hydrogen-bond acceptors (Lipinski definition) is 4. The third kappa shape index (κ3) is 3.78. The van der Waals surface area contributed by atoms with E-state index in [1.54, 1.807) is 13.4 Å². The van der Waals surface area contributed by atoms with Crippen LogP contribution in [0.2, 0.25) is 0 Å². The number of anilines is 1. The third-order valence-electron chi connectivity index (χ3n) is 3.02. The van der Waals surface area contributed by atoms with Crippen molar-refractivity contribution >= 4 is 5.69 Å². The molecule has 0 aliphatic heterocycles. The molecule has 20 heavy (non-hydrogen) atoms. The lowest BCUT2D eigenvalue weighted by atomic mass is 10.2. The van der Waals surface area contributed by atoms with Crippen LogP contribution in [0.3, 0.4) is 0 Å². The summed E-state index contributed by atoms with van der Waals surface area (Å²) in [7, 11) is 1.66. The van der Waals surface area contributed by atoms with Crippen molar-refractivity contribution in [2.24, 2.45) is 0 Å². The van der Waals surface area contributed by atoms with Crippen molar-refractivity contribution in [1.29, 1.82) is 0 Å². The SMILES string of the molecule is COCCOc1cc(C)ccc1NC(C)c1ccco1. The van der Waals surface area contributed by atoms with E-state index in [0.717, 1.165) is 22.8 Å². The molecule has 0 aliphatic carbocycles. The van der Waals surface area contributed by atoms with E-state index in [9.17, 15) is 0 Å². The van der Waals surface area contributed by atoms with Crippen molar-refractivity contribution in [2.45, 2.75) is 19.9 Å². The summed E-state index contributed by atoms with van der Waals surface area (Å²) in [4.78, 5) is 0. The molecule has 0 fully saturated rings. The summed E-state index contributed by atoms with van der Waals surface area (Å²) in [5.74, 6) is 1.73. The summed E-state index contributed by atoms with van der Waals surface area (Å²) in [6, 6.07) is 10.0. The smallest absolute Gasteiger partial charge is 0.142 e. The molecule has 1 unspecified atom stereocenters. The number of rotatable bonds is 7. The first kappa shape index (κ1) is 14.5. The van der Waals surface area contributed by atoms with Crippen LogP contribution >= 0.6 is 0 Å². The average Bonchev–Trinajstić information content (AvgIpc) is 2.96. The highest BCUT2D eigenvalue weighted by Gasteiger charge is 2.11. The van der Waals surface area contributed by atoms with Crippen molar-refractivity contribution < 1.29 is 13.9 Å². The summed E-state index contributed by atoms with van der Waals surface area (Å²) in [5, 5.41) is 3.41. The van der Waals surface area contributed by atoms with Crippen LogP contribution < -0.4 is 10.1 Å². The zero-order valence-corrected chi connectivity index (χ0v) is 12.2. The molecular weight excluding hydrogens is 254 g/mol. The van der Waals surface area contributed by atoms with Crippen LogP contribution in [0, 0.1) is 6.92 Å². The Morgan fingerprint density at radius 1 is 1.25 bits per heavy atom. The van der Waals surface area contributed by atoms with Crippen molar-refractivity contribution in [3.8, 4) is 5.75 Å². The van der Waals surface area contributed by atoms with E-state index in [2.05, 4.69) is 18.3 Å². The molecule has 108 valence electrons. The molecular formula is C16H21NO3. The van der Waals surface area contributed by atoms with Crippen LogP contribution in [-0.4, -0.2) is 20.3 Å². The van der Waals surface area contributed by atoms with Gasteiger partial charge in [0, 0.05) is 7.11 Å². The van der Waals surface area contributed by atoms with Gasteiger partial charge in [-0.1, -0.05) is 6.07 Å². The summed E-state index contributed by atoms with van der Waals surface area (Å²) in [6.07, 6.45) is 1.68. The largest absolute Gasteiger partial charge is 0.489 e. The molecule has 0 saturated carbocycles. The summed E-state index contributed by atoms with van der Waals surface area (Å²) < 4.78 is 16.2. The molecule has 0 bridgehead atoms. The summed E-state index contributed by atoms with van der Waals surface area (Å²) >= 11 is 0. The van der Waals surface area contributed by atoms with Crippen LogP contribution in [0.5, 0.6) is 5.75 Å². The van der Waals surface area contributed by atoms with Gasteiger partial charge in [-0.05, 0) is 43.7 Å². The molecule has 2 aromatic rings. The maximum absolute atomic E-state index is 5.76. The van der Waals surface area contributed by atoms with Gasteiger partial charge in [0.25, 0.3) is 0 Å². The minimum absolute atomic E-state index is 0.0810. The average molecular weight is 275 g/mol. The van der Waals surface area contributed by atoms with Crippen LogP contribution in [0.4, 0.5) is 5.69 Å². The van der Waals surface area contributed by atoms with Gasteiger partial charge in [-0.2, -0.15) is 0 Å². The van der Waals surface area contributed by atoms with Crippen molar-refractivity contribution in [3.63, 3.8) is 0 Å². The fraction of sp³-hybridized carbons (Fsp3) is 0.375. The Bertz CT molecular complexity index is 523. The van der Waals surface area contributed by atoms with E-state index in [4.69, 9.17) is 13.9 Å². The van der Waals surface area contributed by atoms with E-state index < -0.39 is 0 Å². The van der Waals surface area contributed by atoms with Gasteiger partial charge >= 0.3 is 0 Å². The molecule has 1 heterocycles. The number of aryl methyl sites for hydroxylation is 1. The molecule has 4 nitrogen and oxygen atoms in total. The first-order chi connectivity index (χ1) is 9.70. The molecule has 0 aliphatic rings. The number of methoxy groups -OCH3 is 1. The fourth-order valence-corrected chi connectivity index (χ4v) is 1.95. The molecule has 1 aromatic carbocycles. The lowest BCUT2D eigenvalue weighted by molar-refractivity contribution is 0.146. The Labute approximate surface area is 119 Å². The fourth-order valence-electron chi connectivity index (χ4n) is 1.95. The van der Waals surface area contributed by atoms with Gasteiger partial charge in [0.1, 0.15) is 18.1 Å². The van der Waals surface area contributed by atoms with E-state index in [0.29, 0.717) is 13.2 Å². The van der Waals surface area contributed by atoms with E-state index in [1.165, 1.54) is 0 Å². The predicted molar refractivity (Wildman–Crippen MR) is 79.3 cm³/mol. The molecule has 0 spiro atoms. The van der Waals surface area contributed by atoms with Gasteiger partial charge in [0.2, 0.25) is 0 Å². The molecule has 1 aromatic heterocycles. The second-order valence-corrected chi connectivity index (χ2v) is 4.72. The first-order valence-electron chi connectivity index (χ1n) is 6.73. The Balaban J connectivity index is 2.09. The zero-order valence-electron chi connectivity index (χ0n) is 12.2. The lowest BCUT2D eigenvalue weighted by Gasteiger charge is -2.17. The van der Waals surface area contributed by atoms with Crippen LogP contribution in [0.15, 0.2) is 41.0 Å². The van der Waals surface area contributed by atoms with Crippen molar-refractivity contribution in [3.05, 3.63) is 47.9 Å². The van der Waals surface area contributed by atoms with Gasteiger partial charge in [-0.15, -0.1) is 0 Å². The van der Waals surface area contributed by atoms with Gasteiger partial charge in [0.15, 0.2) is 0 Å². The van der Waals surface area contributed by atoms with E-state index in [-0.39, 0.29) is 6.04 Å². The van der Waals surface area contributed by atoms with Gasteiger partial charge in [0.05, 0.1) is 24.6 Å². The Hall–Kier alpha value is -1.94. The molecule has 0 saturated heterocycles. The number of furan rings is 1. The molecule has 1 atom stereocenters. The number of nitrogens with one attached hydrogen (secondary N) is 1. The normalized spacial score (nSPS) is 12.2. The highest BCUT2D eigenvalue weighted by Crippen LogP contribution is 2.29. The predicted octanol–water partition coefficient (Wildman–Crippen LogP) is 3.79. The van der Waals surface area contributed by atoms with E-state index >= 15 is 0 Å². The molecule has 0 radical (unpaired) electrons. The Kier molecular flexibility index (Phi) is 5.07. The molecule has 4 heteroatoms. The van der Waals surface area contributed by atoms with E-state index in [1.807, 2.05) is 31.2 Å². The minimum atomic E-state index is 0.0810. The maximum Gasteiger partial charge on any atom is 0.142 e. The number of benzene rings is 1. The molecule has 1 N–H and O–H groups in total. The number of ether oxygens (including phenoxy) is 2. The third-order valence-corrected chi connectivity index (χ3v) is 3.02. The van der Waals surface area contributed by atoms with Crippen molar-refractivity contribution in [1.82, 2.24) is 0 Å². The topological polar surface area (TPSA) is 43.6 Å². The second kappa shape index (κ2) is 7.01. The standard InChI is InChI=1S/C16H21NO3/c1-12-6-7-14(16(11-12)20-10-9-18-3)17-13(2)15-5-4-8-19-15/h4-8,11,13,17H,9-10H2,1-3H3. The van der Waals surface area contributed by atoms with Crippen LogP contribution in [-0.2, 0) is 4.74 Å². The van der Waals surface area contributed by atoms with Gasteiger partial charge in [-0.3, -0.25) is 0 Å². The lowest BCUT2D eigenvalue weighted by Crippen LogP contribution is -2.10. The number of hydrogen-bond donors (Lipinski definition) is 1. The quantitative estimate of drug-likeness (QED) is 0.781.